The molecule has 0 nitrogen and oxygen atoms in total. The van der Waals surface area contributed by atoms with Gasteiger partial charge < -0.3 is 0 Å². The summed E-state index contributed by atoms with van der Waals surface area (Å²) >= 11 is 0. The minimum absolute atomic E-state index is 1.02. The Kier molecular flexibility index (Phi) is 3.09. The third-order valence-corrected chi connectivity index (χ3v) is 2.38. The average molecular weight is 160 g/mol. The first-order chi connectivity index (χ1) is 5.79. The van der Waals surface area contributed by atoms with Gasteiger partial charge in [0, 0.05) is 0 Å². The minimum atomic E-state index is 1.02. The molecule has 0 aromatic carbocycles. The topological polar surface area (TPSA) is 0 Å². The third kappa shape index (κ3) is 1.76. The van der Waals surface area contributed by atoms with Crippen molar-refractivity contribution in [1.29, 1.82) is 0 Å². The number of hydrogen-bond donors (Lipinski definition) is 0. The van der Waals surface area contributed by atoms with Crippen LogP contribution in [0.1, 0.15) is 26.2 Å². The molecule has 0 amide bonds. The second-order valence-corrected chi connectivity index (χ2v) is 3.12. The number of hydrogen-bond acceptors (Lipinski definition) is 0. The molecule has 64 valence electrons. The van der Waals surface area contributed by atoms with Crippen LogP contribution < -0.4 is 0 Å². The highest BCUT2D eigenvalue weighted by Crippen LogP contribution is 2.27. The molecule has 0 unspecified atom stereocenters. The van der Waals surface area contributed by atoms with Crippen molar-refractivity contribution in [2.75, 3.05) is 0 Å². The van der Waals surface area contributed by atoms with Crippen molar-refractivity contribution >= 4 is 0 Å². The lowest BCUT2D eigenvalue weighted by Crippen LogP contribution is -1.96. The summed E-state index contributed by atoms with van der Waals surface area (Å²) in [5, 5.41) is 0. The zero-order chi connectivity index (χ0) is 8.97. The lowest BCUT2D eigenvalue weighted by molar-refractivity contribution is 0.893. The predicted molar refractivity (Wildman–Crippen MR) is 55.0 cm³/mol. The van der Waals surface area contributed by atoms with Gasteiger partial charge in [0.25, 0.3) is 0 Å². The van der Waals surface area contributed by atoms with Gasteiger partial charge in [-0.3, -0.25) is 0 Å². The predicted octanol–water partition coefficient (Wildman–Crippen LogP) is 3.79. The molecule has 12 heavy (non-hydrogen) atoms. The number of allylic oxidation sites excluding steroid dienone is 6. The Labute approximate surface area is 75.0 Å². The Hall–Kier alpha value is -1.04. The zero-order valence-corrected chi connectivity index (χ0v) is 7.77. The molecule has 0 heteroatoms. The van der Waals surface area contributed by atoms with Gasteiger partial charge in [0.2, 0.25) is 0 Å². The van der Waals surface area contributed by atoms with E-state index in [1.54, 1.807) is 0 Å². The second-order valence-electron chi connectivity index (χ2n) is 3.12. The van der Waals surface area contributed by atoms with E-state index in [0.717, 1.165) is 12.8 Å². The fourth-order valence-electron chi connectivity index (χ4n) is 1.61. The van der Waals surface area contributed by atoms with Gasteiger partial charge in [0.05, 0.1) is 0 Å². The number of rotatable bonds is 3. The van der Waals surface area contributed by atoms with Gasteiger partial charge in [0.1, 0.15) is 0 Å². The van der Waals surface area contributed by atoms with E-state index in [2.05, 4.69) is 26.2 Å². The lowest BCUT2D eigenvalue weighted by Gasteiger charge is -2.15. The molecule has 0 saturated heterocycles. The van der Waals surface area contributed by atoms with E-state index < -0.39 is 0 Å². The highest BCUT2D eigenvalue weighted by Gasteiger charge is 2.07. The van der Waals surface area contributed by atoms with Crippen LogP contribution >= 0.6 is 0 Å². The summed E-state index contributed by atoms with van der Waals surface area (Å²) in [6.07, 6.45) is 9.55. The molecule has 0 spiro atoms. The molecule has 0 aromatic heterocycles. The molecule has 0 aliphatic heterocycles. The molecule has 0 atom stereocenters. The van der Waals surface area contributed by atoms with Crippen LogP contribution in [0.4, 0.5) is 0 Å². The van der Waals surface area contributed by atoms with Gasteiger partial charge in [-0.15, -0.1) is 6.58 Å². The Morgan fingerprint density at radius 1 is 1.50 bits per heavy atom. The van der Waals surface area contributed by atoms with Crippen LogP contribution in [0.2, 0.25) is 0 Å². The van der Waals surface area contributed by atoms with Gasteiger partial charge in [-0.25, -0.2) is 0 Å². The van der Waals surface area contributed by atoms with E-state index in [1.165, 1.54) is 23.1 Å². The van der Waals surface area contributed by atoms with Crippen LogP contribution in [0.3, 0.4) is 0 Å². The van der Waals surface area contributed by atoms with E-state index in [0.29, 0.717) is 0 Å². The van der Waals surface area contributed by atoms with Crippen LogP contribution in [0.5, 0.6) is 0 Å². The highest BCUT2D eigenvalue weighted by atomic mass is 14.1. The molecule has 0 heterocycles. The second kappa shape index (κ2) is 4.10. The normalized spacial score (nSPS) is 17.2. The molecule has 0 saturated carbocycles. The summed E-state index contributed by atoms with van der Waals surface area (Å²) in [4.78, 5) is 0. The maximum absolute atomic E-state index is 3.80. The molecule has 0 radical (unpaired) electrons. The minimum Gasteiger partial charge on any atom is -0.103 e. The Morgan fingerprint density at radius 2 is 2.25 bits per heavy atom. The summed E-state index contributed by atoms with van der Waals surface area (Å²) in [6.45, 7) is 9.73. The first-order valence-electron chi connectivity index (χ1n) is 4.42. The maximum atomic E-state index is 3.80. The van der Waals surface area contributed by atoms with Crippen molar-refractivity contribution in [2.45, 2.75) is 26.2 Å². The first-order valence-corrected chi connectivity index (χ1v) is 4.42. The van der Waals surface area contributed by atoms with Gasteiger partial charge >= 0.3 is 0 Å². The van der Waals surface area contributed by atoms with Crippen molar-refractivity contribution in [1.82, 2.24) is 0 Å². The van der Waals surface area contributed by atoms with Crippen molar-refractivity contribution in [3.05, 3.63) is 48.1 Å². The van der Waals surface area contributed by atoms with Crippen LogP contribution in [-0.2, 0) is 0 Å². The summed E-state index contributed by atoms with van der Waals surface area (Å²) < 4.78 is 0. The Balaban J connectivity index is 2.89. The fourth-order valence-corrected chi connectivity index (χ4v) is 1.61. The van der Waals surface area contributed by atoms with Crippen molar-refractivity contribution < 1.29 is 0 Å². The summed E-state index contributed by atoms with van der Waals surface area (Å²) in [7, 11) is 0. The van der Waals surface area contributed by atoms with E-state index in [1.807, 2.05) is 12.2 Å². The largest absolute Gasteiger partial charge is 0.103 e. The standard InChI is InChI=1S/C12H16/c1-4-7-12-9-6-8-11(5-2)10(12)3/h4-5,8H,1-2,6-7,9H2,3H3. The molecule has 0 bridgehead atoms. The van der Waals surface area contributed by atoms with Crippen molar-refractivity contribution in [2.24, 2.45) is 0 Å². The molecule has 1 aliphatic carbocycles. The average Bonchev–Trinajstić information content (AvgIpc) is 2.09. The molecular formula is C12H16. The van der Waals surface area contributed by atoms with Crippen molar-refractivity contribution in [3.8, 4) is 0 Å². The fraction of sp³-hybridized carbons (Fsp3) is 0.333. The summed E-state index contributed by atoms with van der Waals surface area (Å²) in [6, 6.07) is 0. The van der Waals surface area contributed by atoms with Gasteiger partial charge in [-0.2, -0.15) is 0 Å². The Bertz CT molecular complexity index is 251. The SMILES string of the molecule is C=CCC1=C(C)C(C=C)=CCC1. The molecule has 1 aliphatic rings. The summed E-state index contributed by atoms with van der Waals surface area (Å²) in [5.74, 6) is 0. The van der Waals surface area contributed by atoms with Gasteiger partial charge in [-0.05, 0) is 37.3 Å². The lowest BCUT2D eigenvalue weighted by atomic mass is 9.90. The van der Waals surface area contributed by atoms with Crippen LogP contribution in [-0.4, -0.2) is 0 Å². The zero-order valence-electron chi connectivity index (χ0n) is 7.77. The van der Waals surface area contributed by atoms with Gasteiger partial charge in [-0.1, -0.05) is 30.4 Å². The van der Waals surface area contributed by atoms with E-state index in [-0.39, 0.29) is 0 Å². The van der Waals surface area contributed by atoms with Gasteiger partial charge in [0.15, 0.2) is 0 Å². The highest BCUT2D eigenvalue weighted by molar-refractivity contribution is 5.43. The molecule has 1 rings (SSSR count). The van der Waals surface area contributed by atoms with Crippen LogP contribution in [0, 0.1) is 0 Å². The summed E-state index contributed by atoms with van der Waals surface area (Å²) in [5.41, 5.74) is 4.22. The van der Waals surface area contributed by atoms with Crippen LogP contribution in [0.15, 0.2) is 48.1 Å². The molecule has 0 N–H and O–H groups in total. The molecular weight excluding hydrogens is 144 g/mol. The quantitative estimate of drug-likeness (QED) is 0.551. The molecule has 0 aromatic rings. The third-order valence-electron chi connectivity index (χ3n) is 2.38. The van der Waals surface area contributed by atoms with E-state index in [4.69, 9.17) is 0 Å². The Morgan fingerprint density at radius 3 is 2.83 bits per heavy atom. The first kappa shape index (κ1) is 9.05. The monoisotopic (exact) mass is 160 g/mol. The van der Waals surface area contributed by atoms with E-state index in [9.17, 15) is 0 Å². The smallest absolute Gasteiger partial charge is 0.0135 e. The van der Waals surface area contributed by atoms with E-state index >= 15 is 0 Å². The van der Waals surface area contributed by atoms with Crippen LogP contribution in [0.25, 0.3) is 0 Å². The maximum Gasteiger partial charge on any atom is -0.0135 e. The van der Waals surface area contributed by atoms with Crippen molar-refractivity contribution in [3.63, 3.8) is 0 Å². The molecule has 0 fully saturated rings.